The van der Waals surface area contributed by atoms with Gasteiger partial charge in [-0.25, -0.2) is 9.18 Å². The molecule has 0 aliphatic carbocycles. The van der Waals surface area contributed by atoms with Gasteiger partial charge in [-0.3, -0.25) is 0 Å². The molecule has 6 heteroatoms. The molecule has 2 N–H and O–H groups in total. The van der Waals surface area contributed by atoms with Gasteiger partial charge in [-0.1, -0.05) is 11.6 Å². The molecule has 1 aliphatic rings. The number of carbonyl (C=O) groups excluding carboxylic acids is 1. The predicted octanol–water partition coefficient (Wildman–Crippen LogP) is 2.08. The summed E-state index contributed by atoms with van der Waals surface area (Å²) in [5, 5.41) is 12.1. The van der Waals surface area contributed by atoms with Crippen molar-refractivity contribution in [1.29, 1.82) is 0 Å². The van der Waals surface area contributed by atoms with Crippen molar-refractivity contribution < 1.29 is 14.3 Å². The van der Waals surface area contributed by atoms with Crippen LogP contribution < -0.4 is 5.32 Å². The first-order valence-electron chi connectivity index (χ1n) is 5.25. The zero-order valence-electron chi connectivity index (χ0n) is 8.99. The summed E-state index contributed by atoms with van der Waals surface area (Å²) in [6.07, 6.45) is 0.0517. The number of halogens is 2. The van der Waals surface area contributed by atoms with Crippen LogP contribution in [0.3, 0.4) is 0 Å². The number of aliphatic hydroxyl groups is 1. The maximum atomic E-state index is 13.4. The highest BCUT2D eigenvalue weighted by Crippen LogP contribution is 2.20. The van der Waals surface area contributed by atoms with Crippen molar-refractivity contribution in [3.05, 3.63) is 29.0 Å². The first-order valence-corrected chi connectivity index (χ1v) is 5.63. The van der Waals surface area contributed by atoms with Crippen LogP contribution in [-0.2, 0) is 0 Å². The van der Waals surface area contributed by atoms with Gasteiger partial charge in [0, 0.05) is 18.1 Å². The van der Waals surface area contributed by atoms with Gasteiger partial charge in [0.05, 0.1) is 11.8 Å². The fourth-order valence-corrected chi connectivity index (χ4v) is 1.89. The van der Waals surface area contributed by atoms with E-state index in [1.165, 1.54) is 23.1 Å². The number of β-amino-alcohol motifs (C(OH)–C–C–N with tert-alkyl or cyclic N) is 1. The topological polar surface area (TPSA) is 52.6 Å². The van der Waals surface area contributed by atoms with Crippen molar-refractivity contribution in [3.8, 4) is 0 Å². The van der Waals surface area contributed by atoms with Gasteiger partial charge >= 0.3 is 6.03 Å². The van der Waals surface area contributed by atoms with Crippen molar-refractivity contribution in [1.82, 2.24) is 4.90 Å². The quantitative estimate of drug-likeness (QED) is 0.810. The summed E-state index contributed by atoms with van der Waals surface area (Å²) in [6, 6.07) is 3.52. The minimum Gasteiger partial charge on any atom is -0.391 e. The Morgan fingerprint density at radius 3 is 3.00 bits per heavy atom. The second kappa shape index (κ2) is 4.89. The minimum absolute atomic E-state index is 0.0453. The molecule has 1 saturated heterocycles. The number of aliphatic hydroxyl groups excluding tert-OH is 1. The summed E-state index contributed by atoms with van der Waals surface area (Å²) in [7, 11) is 0. The molecular weight excluding hydrogens is 247 g/mol. The molecule has 1 fully saturated rings. The van der Waals surface area contributed by atoms with E-state index in [-0.39, 0.29) is 12.2 Å². The van der Waals surface area contributed by atoms with E-state index in [0.29, 0.717) is 18.0 Å². The number of carbonyl (C=O) groups is 1. The summed E-state index contributed by atoms with van der Waals surface area (Å²) < 4.78 is 13.4. The first kappa shape index (κ1) is 12.1. The molecule has 4 nitrogen and oxygen atoms in total. The molecule has 0 bridgehead atoms. The van der Waals surface area contributed by atoms with Gasteiger partial charge in [-0.15, -0.1) is 0 Å². The second-order valence-corrected chi connectivity index (χ2v) is 4.38. The van der Waals surface area contributed by atoms with E-state index in [0.717, 1.165) is 0 Å². The maximum absolute atomic E-state index is 13.4. The SMILES string of the molecule is O=C(Nc1cc(Cl)ccc1F)N1CC[C@@H](O)C1. The molecule has 0 spiro atoms. The Morgan fingerprint density at radius 2 is 2.35 bits per heavy atom. The molecule has 0 saturated carbocycles. The highest BCUT2D eigenvalue weighted by Gasteiger charge is 2.24. The minimum atomic E-state index is -0.539. The Balaban J connectivity index is 2.05. The van der Waals surface area contributed by atoms with E-state index in [4.69, 9.17) is 11.6 Å². The van der Waals surface area contributed by atoms with Crippen molar-refractivity contribution in [2.45, 2.75) is 12.5 Å². The highest BCUT2D eigenvalue weighted by molar-refractivity contribution is 6.30. The second-order valence-electron chi connectivity index (χ2n) is 3.94. The normalized spacial score (nSPS) is 19.5. The van der Waals surface area contributed by atoms with Crippen LogP contribution in [-0.4, -0.2) is 35.2 Å². The van der Waals surface area contributed by atoms with E-state index in [2.05, 4.69) is 5.32 Å². The maximum Gasteiger partial charge on any atom is 0.322 e. The van der Waals surface area contributed by atoms with Gasteiger partial charge in [0.1, 0.15) is 5.82 Å². The number of hydrogen-bond acceptors (Lipinski definition) is 2. The molecule has 0 unspecified atom stereocenters. The molecular formula is C11H12ClFN2O2. The number of rotatable bonds is 1. The van der Waals surface area contributed by atoms with Crippen LogP contribution in [0.1, 0.15) is 6.42 Å². The van der Waals surface area contributed by atoms with Gasteiger partial charge in [0.2, 0.25) is 0 Å². The Labute approximate surface area is 103 Å². The van der Waals surface area contributed by atoms with Gasteiger partial charge < -0.3 is 15.3 Å². The number of anilines is 1. The lowest BCUT2D eigenvalue weighted by molar-refractivity contribution is 0.176. The fourth-order valence-electron chi connectivity index (χ4n) is 1.71. The number of nitrogens with one attached hydrogen (secondary N) is 1. The Hall–Kier alpha value is -1.33. The summed E-state index contributed by atoms with van der Waals surface area (Å²) in [6.45, 7) is 0.739. The summed E-state index contributed by atoms with van der Waals surface area (Å²) >= 11 is 5.71. The van der Waals surface area contributed by atoms with Crippen LogP contribution in [0.25, 0.3) is 0 Å². The Bertz CT molecular complexity index is 441. The van der Waals surface area contributed by atoms with Crippen molar-refractivity contribution in [3.63, 3.8) is 0 Å². The number of urea groups is 1. The molecule has 0 aromatic heterocycles. The zero-order chi connectivity index (χ0) is 12.4. The molecule has 1 atom stereocenters. The largest absolute Gasteiger partial charge is 0.391 e. The molecule has 1 heterocycles. The molecule has 1 aliphatic heterocycles. The molecule has 1 aromatic rings. The molecule has 2 amide bonds. The van der Waals surface area contributed by atoms with Crippen LogP contribution in [0.4, 0.5) is 14.9 Å². The average Bonchev–Trinajstić information content (AvgIpc) is 2.70. The van der Waals surface area contributed by atoms with Crippen LogP contribution in [0.5, 0.6) is 0 Å². The third-order valence-corrected chi connectivity index (χ3v) is 2.86. The monoisotopic (exact) mass is 258 g/mol. The first-order chi connectivity index (χ1) is 8.06. The van der Waals surface area contributed by atoms with E-state index >= 15 is 0 Å². The lowest BCUT2D eigenvalue weighted by Crippen LogP contribution is -2.33. The van der Waals surface area contributed by atoms with Crippen LogP contribution >= 0.6 is 11.6 Å². The smallest absolute Gasteiger partial charge is 0.322 e. The third kappa shape index (κ3) is 2.87. The third-order valence-electron chi connectivity index (χ3n) is 2.62. The predicted molar refractivity (Wildman–Crippen MR) is 62.6 cm³/mol. The number of nitrogens with zero attached hydrogens (tertiary/aromatic N) is 1. The van der Waals surface area contributed by atoms with Gasteiger partial charge in [0.15, 0.2) is 0 Å². The summed E-state index contributed by atoms with van der Waals surface area (Å²) in [5.74, 6) is -0.539. The zero-order valence-corrected chi connectivity index (χ0v) is 9.75. The number of likely N-dealkylation sites (tertiary alicyclic amines) is 1. The Morgan fingerprint density at radius 1 is 1.59 bits per heavy atom. The highest BCUT2D eigenvalue weighted by atomic mass is 35.5. The van der Waals surface area contributed by atoms with Gasteiger partial charge in [-0.05, 0) is 24.6 Å². The van der Waals surface area contributed by atoms with Crippen LogP contribution in [0, 0.1) is 5.82 Å². The van der Waals surface area contributed by atoms with Crippen molar-refractivity contribution in [2.24, 2.45) is 0 Å². The van der Waals surface area contributed by atoms with E-state index < -0.39 is 18.0 Å². The molecule has 2 rings (SSSR count). The van der Waals surface area contributed by atoms with Gasteiger partial charge in [-0.2, -0.15) is 0 Å². The van der Waals surface area contributed by atoms with Crippen molar-refractivity contribution in [2.75, 3.05) is 18.4 Å². The molecule has 92 valence electrons. The number of amides is 2. The van der Waals surface area contributed by atoms with Gasteiger partial charge in [0.25, 0.3) is 0 Å². The molecule has 0 radical (unpaired) electrons. The standard InChI is InChI=1S/C11H12ClFN2O2/c12-7-1-2-9(13)10(5-7)14-11(17)15-4-3-8(16)6-15/h1-2,5,8,16H,3-4,6H2,(H,14,17)/t8-/m1/s1. The number of hydrogen-bond donors (Lipinski definition) is 2. The fraction of sp³-hybridized carbons (Fsp3) is 0.364. The lowest BCUT2D eigenvalue weighted by atomic mass is 10.3. The summed E-state index contributed by atoms with van der Waals surface area (Å²) in [4.78, 5) is 13.2. The molecule has 17 heavy (non-hydrogen) atoms. The lowest BCUT2D eigenvalue weighted by Gasteiger charge is -2.16. The Kier molecular flexibility index (Phi) is 3.49. The van der Waals surface area contributed by atoms with E-state index in [1.807, 2.05) is 0 Å². The van der Waals surface area contributed by atoms with E-state index in [1.54, 1.807) is 0 Å². The van der Waals surface area contributed by atoms with Crippen LogP contribution in [0.2, 0.25) is 5.02 Å². The number of benzene rings is 1. The summed E-state index contributed by atoms with van der Waals surface area (Å²) in [5.41, 5.74) is 0.0453. The average molecular weight is 259 g/mol. The molecule has 1 aromatic carbocycles. The van der Waals surface area contributed by atoms with Crippen molar-refractivity contribution >= 4 is 23.3 Å². The van der Waals surface area contributed by atoms with E-state index in [9.17, 15) is 14.3 Å². The van der Waals surface area contributed by atoms with Crippen LogP contribution in [0.15, 0.2) is 18.2 Å².